The molecule has 1 saturated carbocycles. The van der Waals surface area contributed by atoms with Crippen LogP contribution in [0.4, 0.5) is 11.4 Å². The fourth-order valence-electron chi connectivity index (χ4n) is 5.02. The molecule has 0 saturated heterocycles. The van der Waals surface area contributed by atoms with Gasteiger partial charge >= 0.3 is 0 Å². The van der Waals surface area contributed by atoms with E-state index < -0.39 is 0 Å². The Kier molecular flexibility index (Phi) is 7.42. The van der Waals surface area contributed by atoms with Gasteiger partial charge in [-0.15, -0.1) is 0 Å². The Morgan fingerprint density at radius 3 is 1.68 bits per heavy atom. The van der Waals surface area contributed by atoms with Gasteiger partial charge in [-0.3, -0.25) is 0 Å². The van der Waals surface area contributed by atoms with Gasteiger partial charge in [-0.25, -0.2) is 0 Å². The van der Waals surface area contributed by atoms with Gasteiger partial charge in [0.05, 0.1) is 0 Å². The van der Waals surface area contributed by atoms with Crippen LogP contribution in [0.5, 0.6) is 0 Å². The molecule has 1 aliphatic carbocycles. The maximum Gasteiger partial charge on any atom is 0.0314 e. The molecule has 4 N–H and O–H groups in total. The molecule has 0 amide bonds. The predicted molar refractivity (Wildman–Crippen MR) is 122 cm³/mol. The molecular formula is C26H38N2. The van der Waals surface area contributed by atoms with E-state index in [1.54, 1.807) is 0 Å². The Morgan fingerprint density at radius 1 is 0.714 bits per heavy atom. The van der Waals surface area contributed by atoms with Crippen molar-refractivity contribution in [1.29, 1.82) is 0 Å². The van der Waals surface area contributed by atoms with E-state index in [-0.39, 0.29) is 5.41 Å². The Bertz CT molecular complexity index is 647. The molecule has 0 unspecified atom stereocenters. The minimum atomic E-state index is 0.110. The van der Waals surface area contributed by atoms with E-state index >= 15 is 0 Å². The average Bonchev–Trinajstić information content (AvgIpc) is 2.72. The largest absolute Gasteiger partial charge is 0.399 e. The van der Waals surface area contributed by atoms with Gasteiger partial charge in [-0.1, -0.05) is 76.1 Å². The summed E-state index contributed by atoms with van der Waals surface area (Å²) in [4.78, 5) is 0. The van der Waals surface area contributed by atoms with Gasteiger partial charge in [0, 0.05) is 16.8 Å². The molecule has 0 spiro atoms. The first-order valence-electron chi connectivity index (χ1n) is 11.4. The highest BCUT2D eigenvalue weighted by molar-refractivity contribution is 5.49. The van der Waals surface area contributed by atoms with E-state index in [0.717, 1.165) is 17.3 Å². The summed E-state index contributed by atoms with van der Waals surface area (Å²) in [6, 6.07) is 17.2. The molecule has 0 radical (unpaired) electrons. The van der Waals surface area contributed by atoms with Crippen LogP contribution in [0.1, 0.15) is 88.7 Å². The Morgan fingerprint density at radius 2 is 1.18 bits per heavy atom. The molecule has 2 aromatic rings. The molecule has 0 bridgehead atoms. The number of anilines is 2. The first kappa shape index (κ1) is 20.8. The van der Waals surface area contributed by atoms with Crippen LogP contribution in [0.15, 0.2) is 48.5 Å². The normalized spacial score (nSPS) is 16.9. The summed E-state index contributed by atoms with van der Waals surface area (Å²) in [6.07, 6.45) is 14.9. The van der Waals surface area contributed by atoms with Crippen LogP contribution in [-0.2, 0) is 5.41 Å². The smallest absolute Gasteiger partial charge is 0.0314 e. The standard InChI is InChI=1S/C26H38N2/c1-2-3-4-5-6-7-8-21-17-19-26(20-18-21,22-9-13-24(27)14-10-22)23-11-15-25(28)16-12-23/h9-16,21H,2-8,17-20,27-28H2,1H3. The first-order valence-corrected chi connectivity index (χ1v) is 11.4. The predicted octanol–water partition coefficient (Wildman–Crippen LogP) is 7.08. The molecule has 0 aliphatic heterocycles. The summed E-state index contributed by atoms with van der Waals surface area (Å²) in [5.41, 5.74) is 16.5. The number of unbranched alkanes of at least 4 members (excludes halogenated alkanes) is 5. The van der Waals surface area contributed by atoms with E-state index in [0.29, 0.717) is 0 Å². The van der Waals surface area contributed by atoms with E-state index in [4.69, 9.17) is 11.5 Å². The third-order valence-corrected chi connectivity index (χ3v) is 6.85. The fourth-order valence-corrected chi connectivity index (χ4v) is 5.02. The van der Waals surface area contributed by atoms with Crippen LogP contribution in [-0.4, -0.2) is 0 Å². The number of benzene rings is 2. The van der Waals surface area contributed by atoms with Gasteiger partial charge in [-0.05, 0) is 67.0 Å². The minimum Gasteiger partial charge on any atom is -0.399 e. The van der Waals surface area contributed by atoms with Gasteiger partial charge in [0.15, 0.2) is 0 Å². The third kappa shape index (κ3) is 5.10. The first-order chi connectivity index (χ1) is 13.6. The molecule has 0 heterocycles. The van der Waals surface area contributed by atoms with Crippen LogP contribution >= 0.6 is 0 Å². The van der Waals surface area contributed by atoms with Gasteiger partial charge in [0.2, 0.25) is 0 Å². The summed E-state index contributed by atoms with van der Waals surface area (Å²) in [5.74, 6) is 0.891. The molecule has 2 heteroatoms. The van der Waals surface area contributed by atoms with Crippen molar-refractivity contribution in [3.8, 4) is 0 Å². The van der Waals surface area contributed by atoms with Crippen molar-refractivity contribution in [3.63, 3.8) is 0 Å². The molecule has 0 atom stereocenters. The van der Waals surface area contributed by atoms with E-state index in [1.165, 1.54) is 81.8 Å². The van der Waals surface area contributed by atoms with E-state index in [2.05, 4.69) is 55.5 Å². The quantitative estimate of drug-likeness (QED) is 0.362. The van der Waals surface area contributed by atoms with Crippen molar-refractivity contribution in [2.45, 2.75) is 83.0 Å². The molecular weight excluding hydrogens is 340 g/mol. The maximum atomic E-state index is 5.96. The zero-order chi connectivity index (χ0) is 19.8. The number of hydrogen-bond donors (Lipinski definition) is 2. The summed E-state index contributed by atoms with van der Waals surface area (Å²) in [5, 5.41) is 0. The molecule has 28 heavy (non-hydrogen) atoms. The van der Waals surface area contributed by atoms with Gasteiger partial charge in [0.1, 0.15) is 0 Å². The lowest BCUT2D eigenvalue weighted by Crippen LogP contribution is -2.33. The Labute approximate surface area is 171 Å². The number of rotatable bonds is 9. The minimum absolute atomic E-state index is 0.110. The lowest BCUT2D eigenvalue weighted by Gasteiger charge is -2.41. The van der Waals surface area contributed by atoms with Gasteiger partial charge in [-0.2, -0.15) is 0 Å². The molecule has 3 rings (SSSR count). The Hall–Kier alpha value is -1.96. The maximum absolute atomic E-state index is 5.96. The zero-order valence-corrected chi connectivity index (χ0v) is 17.6. The summed E-state index contributed by atoms with van der Waals surface area (Å²) >= 11 is 0. The van der Waals surface area contributed by atoms with Crippen molar-refractivity contribution in [1.82, 2.24) is 0 Å². The highest BCUT2D eigenvalue weighted by Crippen LogP contribution is 2.47. The van der Waals surface area contributed by atoms with E-state index in [1.807, 2.05) is 0 Å². The highest BCUT2D eigenvalue weighted by atomic mass is 14.5. The summed E-state index contributed by atoms with van der Waals surface area (Å²) in [6.45, 7) is 2.29. The molecule has 0 aromatic heterocycles. The second-order valence-electron chi connectivity index (χ2n) is 8.83. The molecule has 152 valence electrons. The Balaban J connectivity index is 1.66. The van der Waals surface area contributed by atoms with Crippen molar-refractivity contribution in [2.24, 2.45) is 5.92 Å². The molecule has 2 aromatic carbocycles. The molecule has 1 aliphatic rings. The van der Waals surface area contributed by atoms with Crippen molar-refractivity contribution < 1.29 is 0 Å². The SMILES string of the molecule is CCCCCCCCC1CCC(c2ccc(N)cc2)(c2ccc(N)cc2)CC1. The molecule has 2 nitrogen and oxygen atoms in total. The highest BCUT2D eigenvalue weighted by Gasteiger charge is 2.38. The number of nitrogens with two attached hydrogens (primary N) is 2. The lowest BCUT2D eigenvalue weighted by atomic mass is 9.62. The van der Waals surface area contributed by atoms with Gasteiger partial charge < -0.3 is 11.5 Å². The average molecular weight is 379 g/mol. The number of nitrogen functional groups attached to an aromatic ring is 2. The van der Waals surface area contributed by atoms with Crippen LogP contribution < -0.4 is 11.5 Å². The summed E-state index contributed by atoms with van der Waals surface area (Å²) in [7, 11) is 0. The van der Waals surface area contributed by atoms with Gasteiger partial charge in [0.25, 0.3) is 0 Å². The van der Waals surface area contributed by atoms with Crippen molar-refractivity contribution in [3.05, 3.63) is 59.7 Å². The topological polar surface area (TPSA) is 52.0 Å². The third-order valence-electron chi connectivity index (χ3n) is 6.85. The molecule has 1 fully saturated rings. The van der Waals surface area contributed by atoms with E-state index in [9.17, 15) is 0 Å². The second-order valence-corrected chi connectivity index (χ2v) is 8.83. The second kappa shape index (κ2) is 10.0. The fraction of sp³-hybridized carbons (Fsp3) is 0.538. The van der Waals surface area contributed by atoms with Crippen molar-refractivity contribution >= 4 is 11.4 Å². The zero-order valence-electron chi connectivity index (χ0n) is 17.6. The summed E-state index contributed by atoms with van der Waals surface area (Å²) < 4.78 is 0. The monoisotopic (exact) mass is 378 g/mol. The van der Waals surface area contributed by atoms with Crippen LogP contribution in [0.3, 0.4) is 0 Å². The lowest BCUT2D eigenvalue weighted by molar-refractivity contribution is 0.250. The van der Waals surface area contributed by atoms with Crippen LogP contribution in [0.25, 0.3) is 0 Å². The van der Waals surface area contributed by atoms with Crippen LogP contribution in [0, 0.1) is 5.92 Å². The van der Waals surface area contributed by atoms with Crippen molar-refractivity contribution in [2.75, 3.05) is 11.5 Å². The van der Waals surface area contributed by atoms with Crippen LogP contribution in [0.2, 0.25) is 0 Å². The number of hydrogen-bond acceptors (Lipinski definition) is 2.